The molecular formula is C19H25ClN4O3. The van der Waals surface area contributed by atoms with E-state index in [0.717, 1.165) is 0 Å². The molecule has 0 aliphatic rings. The van der Waals surface area contributed by atoms with Crippen molar-refractivity contribution in [2.24, 2.45) is 5.92 Å². The molecule has 146 valence electrons. The number of hydrogen-bond donors (Lipinski definition) is 1. The van der Waals surface area contributed by atoms with Gasteiger partial charge < -0.3 is 15.0 Å². The average Bonchev–Trinajstić information content (AvgIpc) is 2.87. The largest absolute Gasteiger partial charge is 0.497 e. The summed E-state index contributed by atoms with van der Waals surface area (Å²) < 4.78 is 6.75. The minimum Gasteiger partial charge on any atom is -0.497 e. The normalized spacial score (nSPS) is 10.8. The first kappa shape index (κ1) is 20.8. The van der Waals surface area contributed by atoms with Crippen molar-refractivity contribution in [1.82, 2.24) is 14.7 Å². The summed E-state index contributed by atoms with van der Waals surface area (Å²) in [7, 11) is 3.11. The van der Waals surface area contributed by atoms with Gasteiger partial charge in [-0.25, -0.2) is 0 Å². The number of carbonyl (C=O) groups excluding carboxylic acids is 2. The second-order valence-corrected chi connectivity index (χ2v) is 7.13. The summed E-state index contributed by atoms with van der Waals surface area (Å²) in [6.07, 6.45) is 0. The van der Waals surface area contributed by atoms with Gasteiger partial charge in [0.2, 0.25) is 5.91 Å². The smallest absolute Gasteiger partial charge is 0.259 e. The quantitative estimate of drug-likeness (QED) is 0.784. The van der Waals surface area contributed by atoms with Crippen molar-refractivity contribution in [3.8, 4) is 5.75 Å². The summed E-state index contributed by atoms with van der Waals surface area (Å²) in [6, 6.07) is 7.01. The molecule has 1 aromatic carbocycles. The van der Waals surface area contributed by atoms with E-state index in [1.54, 1.807) is 50.0 Å². The van der Waals surface area contributed by atoms with Gasteiger partial charge in [-0.15, -0.1) is 0 Å². The van der Waals surface area contributed by atoms with Gasteiger partial charge in [0.25, 0.3) is 5.91 Å². The molecule has 0 unspecified atom stereocenters. The van der Waals surface area contributed by atoms with E-state index in [9.17, 15) is 9.59 Å². The molecule has 2 aromatic rings. The van der Waals surface area contributed by atoms with Crippen LogP contribution in [0.2, 0.25) is 5.15 Å². The number of likely N-dealkylation sites (N-methyl/N-ethyl adjacent to an activating group) is 1. The number of aromatic nitrogens is 2. The number of aryl methyl sites for hydroxylation is 1. The van der Waals surface area contributed by atoms with Gasteiger partial charge in [0.1, 0.15) is 10.9 Å². The van der Waals surface area contributed by atoms with Crippen LogP contribution < -0.4 is 10.1 Å². The minimum atomic E-state index is -0.340. The van der Waals surface area contributed by atoms with E-state index in [-0.39, 0.29) is 18.4 Å². The van der Waals surface area contributed by atoms with Gasteiger partial charge in [-0.1, -0.05) is 31.5 Å². The number of benzene rings is 1. The number of nitrogens with zero attached hydrogens (tertiary/aromatic N) is 3. The van der Waals surface area contributed by atoms with Gasteiger partial charge in [0.05, 0.1) is 24.9 Å². The van der Waals surface area contributed by atoms with E-state index in [2.05, 4.69) is 10.4 Å². The minimum absolute atomic E-state index is 0.110. The fourth-order valence-corrected chi connectivity index (χ4v) is 2.97. The first-order valence-electron chi connectivity index (χ1n) is 8.65. The van der Waals surface area contributed by atoms with Gasteiger partial charge in [0.15, 0.2) is 0 Å². The molecule has 0 fully saturated rings. The van der Waals surface area contributed by atoms with Crippen molar-refractivity contribution in [2.75, 3.05) is 26.0 Å². The molecule has 0 atom stereocenters. The molecule has 1 aromatic heterocycles. The topological polar surface area (TPSA) is 76.5 Å². The van der Waals surface area contributed by atoms with Gasteiger partial charge >= 0.3 is 0 Å². The Morgan fingerprint density at radius 3 is 2.70 bits per heavy atom. The number of halogens is 1. The molecule has 1 N–H and O–H groups in total. The van der Waals surface area contributed by atoms with Crippen LogP contribution in [0.25, 0.3) is 0 Å². The van der Waals surface area contributed by atoms with Gasteiger partial charge in [-0.3, -0.25) is 14.3 Å². The van der Waals surface area contributed by atoms with E-state index < -0.39 is 0 Å². The summed E-state index contributed by atoms with van der Waals surface area (Å²) in [5, 5.41) is 7.39. The molecule has 0 spiro atoms. The van der Waals surface area contributed by atoms with Crippen LogP contribution in [0.15, 0.2) is 24.3 Å². The number of ether oxygens (including phenoxy) is 1. The standard InChI is InChI=1S/C19H25ClN4O3/c1-12(2)10-24-18(20)17(13(3)22-24)19(26)23(4)11-16(25)21-14-7-6-8-15(9-14)27-5/h6-9,12H,10-11H2,1-5H3,(H,21,25). The summed E-state index contributed by atoms with van der Waals surface area (Å²) >= 11 is 6.35. The monoisotopic (exact) mass is 392 g/mol. The average molecular weight is 393 g/mol. The Morgan fingerprint density at radius 1 is 1.37 bits per heavy atom. The number of hydrogen-bond acceptors (Lipinski definition) is 4. The molecule has 2 amide bonds. The molecule has 0 bridgehead atoms. The van der Waals surface area contributed by atoms with Crippen molar-refractivity contribution >= 4 is 29.1 Å². The highest BCUT2D eigenvalue weighted by Gasteiger charge is 2.24. The molecular weight excluding hydrogens is 368 g/mol. The van der Waals surface area contributed by atoms with Crippen LogP contribution in [-0.2, 0) is 11.3 Å². The third kappa shape index (κ3) is 5.23. The molecule has 1 heterocycles. The van der Waals surface area contributed by atoms with Crippen molar-refractivity contribution in [3.63, 3.8) is 0 Å². The highest BCUT2D eigenvalue weighted by atomic mass is 35.5. The second kappa shape index (κ2) is 8.90. The summed E-state index contributed by atoms with van der Waals surface area (Å²) in [5.74, 6) is 0.323. The second-order valence-electron chi connectivity index (χ2n) is 6.77. The number of amides is 2. The maximum absolute atomic E-state index is 12.8. The fourth-order valence-electron chi connectivity index (χ4n) is 2.64. The molecule has 2 rings (SSSR count). The Morgan fingerprint density at radius 2 is 2.07 bits per heavy atom. The number of nitrogens with one attached hydrogen (secondary N) is 1. The van der Waals surface area contributed by atoms with E-state index in [1.807, 2.05) is 13.8 Å². The lowest BCUT2D eigenvalue weighted by molar-refractivity contribution is -0.116. The van der Waals surface area contributed by atoms with Crippen LogP contribution in [0.5, 0.6) is 5.75 Å². The summed E-state index contributed by atoms with van der Waals surface area (Å²) in [6.45, 7) is 6.34. The predicted molar refractivity (Wildman–Crippen MR) is 105 cm³/mol. The molecule has 0 saturated carbocycles. The Kier molecular flexibility index (Phi) is 6.85. The number of carbonyl (C=O) groups is 2. The first-order valence-corrected chi connectivity index (χ1v) is 9.03. The third-order valence-electron chi connectivity index (χ3n) is 3.90. The molecule has 0 aliphatic heterocycles. The van der Waals surface area contributed by atoms with E-state index in [0.29, 0.717) is 40.3 Å². The lowest BCUT2D eigenvalue weighted by atomic mass is 10.2. The van der Waals surface area contributed by atoms with Gasteiger partial charge in [-0.2, -0.15) is 5.10 Å². The van der Waals surface area contributed by atoms with E-state index >= 15 is 0 Å². The molecule has 0 saturated heterocycles. The van der Waals surface area contributed by atoms with Crippen molar-refractivity contribution in [1.29, 1.82) is 0 Å². The fraction of sp³-hybridized carbons (Fsp3) is 0.421. The maximum Gasteiger partial charge on any atom is 0.259 e. The van der Waals surface area contributed by atoms with Crippen molar-refractivity contribution in [2.45, 2.75) is 27.3 Å². The highest BCUT2D eigenvalue weighted by Crippen LogP contribution is 2.22. The number of methoxy groups -OCH3 is 1. The molecule has 0 radical (unpaired) electrons. The molecule has 7 nitrogen and oxygen atoms in total. The van der Waals surface area contributed by atoms with Crippen LogP contribution in [0.1, 0.15) is 29.9 Å². The Bertz CT molecular complexity index is 832. The lowest BCUT2D eigenvalue weighted by Gasteiger charge is -2.17. The zero-order chi connectivity index (χ0) is 20.1. The zero-order valence-electron chi connectivity index (χ0n) is 16.2. The van der Waals surface area contributed by atoms with Crippen LogP contribution in [0.4, 0.5) is 5.69 Å². The lowest BCUT2D eigenvalue weighted by Crippen LogP contribution is -2.35. The SMILES string of the molecule is COc1cccc(NC(=O)CN(C)C(=O)c2c(C)nn(CC(C)C)c2Cl)c1. The third-order valence-corrected chi connectivity index (χ3v) is 4.28. The number of rotatable bonds is 7. The van der Waals surface area contributed by atoms with Crippen LogP contribution in [0.3, 0.4) is 0 Å². The summed E-state index contributed by atoms with van der Waals surface area (Å²) in [5.41, 5.74) is 1.47. The Hall–Kier alpha value is -2.54. The molecule has 0 aliphatic carbocycles. The molecule has 27 heavy (non-hydrogen) atoms. The predicted octanol–water partition coefficient (Wildman–Crippen LogP) is 3.22. The van der Waals surface area contributed by atoms with E-state index in [1.165, 1.54) is 4.90 Å². The van der Waals surface area contributed by atoms with Crippen LogP contribution >= 0.6 is 11.6 Å². The van der Waals surface area contributed by atoms with Crippen LogP contribution in [0, 0.1) is 12.8 Å². The van der Waals surface area contributed by atoms with Crippen molar-refractivity contribution < 1.29 is 14.3 Å². The Balaban J connectivity index is 2.07. The zero-order valence-corrected chi connectivity index (χ0v) is 17.0. The molecule has 8 heteroatoms. The first-order chi connectivity index (χ1) is 12.7. The number of anilines is 1. The highest BCUT2D eigenvalue weighted by molar-refractivity contribution is 6.33. The maximum atomic E-state index is 12.8. The van der Waals surface area contributed by atoms with Gasteiger partial charge in [0, 0.05) is 25.3 Å². The van der Waals surface area contributed by atoms with Crippen molar-refractivity contribution in [3.05, 3.63) is 40.7 Å². The summed E-state index contributed by atoms with van der Waals surface area (Å²) in [4.78, 5) is 26.4. The van der Waals surface area contributed by atoms with E-state index in [4.69, 9.17) is 16.3 Å². The Labute approximate surface area is 164 Å². The van der Waals surface area contributed by atoms with Crippen LogP contribution in [-0.4, -0.2) is 47.2 Å². The van der Waals surface area contributed by atoms with Gasteiger partial charge in [-0.05, 0) is 25.0 Å².